The van der Waals surface area contributed by atoms with E-state index in [9.17, 15) is 0 Å². The van der Waals surface area contributed by atoms with Crippen molar-refractivity contribution in [2.45, 2.75) is 52.1 Å². The van der Waals surface area contributed by atoms with Crippen molar-refractivity contribution in [2.24, 2.45) is 11.3 Å². The maximum Gasteiger partial charge on any atom is 0.0930 e. The Labute approximate surface area is 104 Å². The van der Waals surface area contributed by atoms with Crippen molar-refractivity contribution in [3.05, 3.63) is 35.4 Å². The van der Waals surface area contributed by atoms with Crippen LogP contribution < -0.4 is 5.90 Å². The van der Waals surface area contributed by atoms with E-state index in [1.807, 2.05) is 0 Å². The van der Waals surface area contributed by atoms with Crippen LogP contribution in [0.5, 0.6) is 0 Å². The van der Waals surface area contributed by atoms with Gasteiger partial charge in [-0.05, 0) is 48.1 Å². The molecule has 0 radical (unpaired) electrons. The van der Waals surface area contributed by atoms with Crippen LogP contribution in [0.15, 0.2) is 24.3 Å². The summed E-state index contributed by atoms with van der Waals surface area (Å²) in [5, 5.41) is 0. The Morgan fingerprint density at radius 3 is 2.29 bits per heavy atom. The van der Waals surface area contributed by atoms with Crippen LogP contribution in [0.3, 0.4) is 0 Å². The van der Waals surface area contributed by atoms with Crippen molar-refractivity contribution < 1.29 is 4.84 Å². The van der Waals surface area contributed by atoms with E-state index in [1.165, 1.54) is 31.2 Å². The van der Waals surface area contributed by atoms with Gasteiger partial charge < -0.3 is 0 Å². The van der Waals surface area contributed by atoms with Crippen LogP contribution in [0, 0.1) is 5.41 Å². The van der Waals surface area contributed by atoms with Gasteiger partial charge in [0.15, 0.2) is 0 Å². The van der Waals surface area contributed by atoms with Crippen molar-refractivity contribution in [3.8, 4) is 0 Å². The van der Waals surface area contributed by atoms with Crippen LogP contribution in [0.1, 0.15) is 56.6 Å². The van der Waals surface area contributed by atoms with Crippen LogP contribution in [-0.4, -0.2) is 0 Å². The molecule has 1 aliphatic rings. The molecule has 0 bridgehead atoms. The molecule has 1 saturated carbocycles. The van der Waals surface area contributed by atoms with Crippen LogP contribution >= 0.6 is 0 Å². The molecular weight excluding hydrogens is 210 g/mol. The molecule has 0 saturated heterocycles. The van der Waals surface area contributed by atoms with Crippen LogP contribution in [-0.2, 0) is 11.4 Å². The number of hydrogen-bond donors (Lipinski definition) is 1. The molecule has 2 rings (SSSR count). The second-order valence-electron chi connectivity index (χ2n) is 5.99. The van der Waals surface area contributed by atoms with E-state index >= 15 is 0 Å². The highest BCUT2D eigenvalue weighted by Crippen LogP contribution is 2.42. The normalized spacial score (nSPS) is 20.4. The molecule has 1 aliphatic carbocycles. The first-order valence-electron chi connectivity index (χ1n) is 6.51. The molecule has 0 heterocycles. The van der Waals surface area contributed by atoms with Gasteiger partial charge in [-0.15, -0.1) is 0 Å². The molecular formula is C15H23NO. The molecule has 0 amide bonds. The third-order valence-electron chi connectivity index (χ3n) is 4.04. The first kappa shape index (κ1) is 12.6. The van der Waals surface area contributed by atoms with Gasteiger partial charge in [-0.25, -0.2) is 5.90 Å². The SMILES string of the molecule is CC1(C)CCC(c2ccc(CON)cc2)CC1. The van der Waals surface area contributed by atoms with E-state index in [0.717, 1.165) is 11.5 Å². The lowest BCUT2D eigenvalue weighted by Crippen LogP contribution is -2.20. The van der Waals surface area contributed by atoms with E-state index in [0.29, 0.717) is 12.0 Å². The van der Waals surface area contributed by atoms with Gasteiger partial charge in [0.2, 0.25) is 0 Å². The van der Waals surface area contributed by atoms with Crippen molar-refractivity contribution in [3.63, 3.8) is 0 Å². The summed E-state index contributed by atoms with van der Waals surface area (Å²) in [7, 11) is 0. The fourth-order valence-corrected chi connectivity index (χ4v) is 2.71. The van der Waals surface area contributed by atoms with Crippen molar-refractivity contribution in [1.82, 2.24) is 0 Å². The van der Waals surface area contributed by atoms with Crippen LogP contribution in [0.25, 0.3) is 0 Å². The van der Waals surface area contributed by atoms with Gasteiger partial charge in [-0.1, -0.05) is 38.1 Å². The minimum atomic E-state index is 0.498. The Hall–Kier alpha value is -0.860. The lowest BCUT2D eigenvalue weighted by atomic mass is 9.71. The zero-order valence-corrected chi connectivity index (χ0v) is 10.9. The number of benzene rings is 1. The highest BCUT2D eigenvalue weighted by molar-refractivity contribution is 5.25. The van der Waals surface area contributed by atoms with Crippen LogP contribution in [0.2, 0.25) is 0 Å². The van der Waals surface area contributed by atoms with E-state index in [1.54, 1.807) is 0 Å². The largest absolute Gasteiger partial charge is 0.300 e. The average Bonchev–Trinajstić information content (AvgIpc) is 2.31. The van der Waals surface area contributed by atoms with Crippen LogP contribution in [0.4, 0.5) is 0 Å². The van der Waals surface area contributed by atoms with Gasteiger partial charge in [-0.2, -0.15) is 0 Å². The zero-order chi connectivity index (χ0) is 12.3. The van der Waals surface area contributed by atoms with Crippen molar-refractivity contribution in [1.29, 1.82) is 0 Å². The summed E-state index contributed by atoms with van der Waals surface area (Å²) in [6.45, 7) is 5.26. The monoisotopic (exact) mass is 233 g/mol. The van der Waals surface area contributed by atoms with Crippen molar-refractivity contribution in [2.75, 3.05) is 0 Å². The molecule has 0 spiro atoms. The standard InChI is InChI=1S/C15H23NO/c1-15(2)9-7-14(8-10-15)13-5-3-12(4-6-13)11-17-16/h3-6,14H,7-11,16H2,1-2H3. The second-order valence-corrected chi connectivity index (χ2v) is 5.99. The fraction of sp³-hybridized carbons (Fsp3) is 0.600. The van der Waals surface area contributed by atoms with E-state index in [2.05, 4.69) is 43.0 Å². The molecule has 1 aromatic rings. The van der Waals surface area contributed by atoms with Gasteiger partial charge in [0.05, 0.1) is 6.61 Å². The first-order chi connectivity index (χ1) is 8.11. The average molecular weight is 233 g/mol. The lowest BCUT2D eigenvalue weighted by molar-refractivity contribution is 0.124. The smallest absolute Gasteiger partial charge is 0.0930 e. The number of nitrogens with two attached hydrogens (primary N) is 1. The third-order valence-corrected chi connectivity index (χ3v) is 4.04. The molecule has 94 valence electrons. The molecule has 1 fully saturated rings. The Morgan fingerprint density at radius 1 is 1.18 bits per heavy atom. The predicted molar refractivity (Wildman–Crippen MR) is 70.4 cm³/mol. The third kappa shape index (κ3) is 3.30. The predicted octanol–water partition coefficient (Wildman–Crippen LogP) is 3.76. The molecule has 0 unspecified atom stereocenters. The topological polar surface area (TPSA) is 35.2 Å². The van der Waals surface area contributed by atoms with E-state index in [-0.39, 0.29) is 0 Å². The van der Waals surface area contributed by atoms with Gasteiger partial charge in [0.25, 0.3) is 0 Å². The summed E-state index contributed by atoms with van der Waals surface area (Å²) >= 11 is 0. The summed E-state index contributed by atoms with van der Waals surface area (Å²) < 4.78 is 0. The maximum absolute atomic E-state index is 5.07. The van der Waals surface area contributed by atoms with E-state index < -0.39 is 0 Å². The van der Waals surface area contributed by atoms with Gasteiger partial charge in [0.1, 0.15) is 0 Å². The van der Waals surface area contributed by atoms with Gasteiger partial charge in [-0.3, -0.25) is 4.84 Å². The summed E-state index contributed by atoms with van der Waals surface area (Å²) in [6, 6.07) is 8.72. The second kappa shape index (κ2) is 5.19. The maximum atomic E-state index is 5.07. The minimum Gasteiger partial charge on any atom is -0.300 e. The summed E-state index contributed by atoms with van der Waals surface area (Å²) in [4.78, 5) is 4.64. The summed E-state index contributed by atoms with van der Waals surface area (Å²) in [5.74, 6) is 5.82. The zero-order valence-electron chi connectivity index (χ0n) is 10.9. The summed E-state index contributed by atoms with van der Waals surface area (Å²) in [5.41, 5.74) is 3.16. The first-order valence-corrected chi connectivity index (χ1v) is 6.51. The highest BCUT2D eigenvalue weighted by Gasteiger charge is 2.27. The quantitative estimate of drug-likeness (QED) is 0.807. The lowest BCUT2D eigenvalue weighted by Gasteiger charge is -2.34. The molecule has 17 heavy (non-hydrogen) atoms. The van der Waals surface area contributed by atoms with Gasteiger partial charge >= 0.3 is 0 Å². The molecule has 2 heteroatoms. The fourth-order valence-electron chi connectivity index (χ4n) is 2.71. The number of hydrogen-bond acceptors (Lipinski definition) is 2. The molecule has 0 atom stereocenters. The molecule has 2 nitrogen and oxygen atoms in total. The Balaban J connectivity index is 1.99. The van der Waals surface area contributed by atoms with Gasteiger partial charge in [0, 0.05) is 0 Å². The van der Waals surface area contributed by atoms with Crippen molar-refractivity contribution >= 4 is 0 Å². The number of rotatable bonds is 3. The molecule has 2 N–H and O–H groups in total. The summed E-state index contributed by atoms with van der Waals surface area (Å²) in [6.07, 6.45) is 5.32. The molecule has 1 aromatic carbocycles. The Morgan fingerprint density at radius 2 is 1.76 bits per heavy atom. The Bertz CT molecular complexity index is 346. The molecule has 0 aliphatic heterocycles. The van der Waals surface area contributed by atoms with E-state index in [4.69, 9.17) is 5.90 Å². The molecule has 0 aromatic heterocycles. The Kier molecular flexibility index (Phi) is 3.85. The highest BCUT2D eigenvalue weighted by atomic mass is 16.6. The minimum absolute atomic E-state index is 0.498.